The number of hydrogen-bond donors (Lipinski definition) is 1. The first-order valence-electron chi connectivity index (χ1n) is 6.01. The van der Waals surface area contributed by atoms with Gasteiger partial charge < -0.3 is 9.64 Å². The highest BCUT2D eigenvalue weighted by molar-refractivity contribution is 7.81. The van der Waals surface area contributed by atoms with Crippen LogP contribution in [0.5, 0.6) is 5.75 Å². The standard InChI is InChI=1S/C14H21NO2S/c1-10(2)11-5-6-12(13(7-11)17-4)8-15(3)14(16)9-18/h5-7,10,18H,8-9H2,1-4H3. The van der Waals surface area contributed by atoms with Crippen molar-refractivity contribution in [2.24, 2.45) is 0 Å². The fraction of sp³-hybridized carbons (Fsp3) is 0.500. The van der Waals surface area contributed by atoms with Gasteiger partial charge in [0.15, 0.2) is 0 Å². The molecule has 1 rings (SSSR count). The van der Waals surface area contributed by atoms with Crippen molar-refractivity contribution in [2.45, 2.75) is 26.3 Å². The van der Waals surface area contributed by atoms with Crippen LogP contribution in [-0.2, 0) is 11.3 Å². The van der Waals surface area contributed by atoms with Gasteiger partial charge in [0.1, 0.15) is 5.75 Å². The number of thiol groups is 1. The summed E-state index contributed by atoms with van der Waals surface area (Å²) < 4.78 is 5.39. The summed E-state index contributed by atoms with van der Waals surface area (Å²) in [4.78, 5) is 13.2. The minimum absolute atomic E-state index is 0.00771. The molecular weight excluding hydrogens is 246 g/mol. The SMILES string of the molecule is COc1cc(C(C)C)ccc1CN(C)C(=O)CS. The fourth-order valence-corrected chi connectivity index (χ4v) is 1.96. The van der Waals surface area contributed by atoms with E-state index in [9.17, 15) is 4.79 Å². The van der Waals surface area contributed by atoms with Crippen LogP contribution < -0.4 is 4.74 Å². The summed E-state index contributed by atoms with van der Waals surface area (Å²) in [6, 6.07) is 6.15. The molecule has 0 saturated carbocycles. The summed E-state index contributed by atoms with van der Waals surface area (Å²) in [5, 5.41) is 0. The summed E-state index contributed by atoms with van der Waals surface area (Å²) in [5.74, 6) is 1.53. The predicted molar refractivity (Wildman–Crippen MR) is 77.4 cm³/mol. The topological polar surface area (TPSA) is 29.5 Å². The third-order valence-corrected chi connectivity index (χ3v) is 3.22. The second-order valence-corrected chi connectivity index (χ2v) is 4.95. The van der Waals surface area contributed by atoms with Crippen LogP contribution in [0.15, 0.2) is 18.2 Å². The third-order valence-electron chi connectivity index (χ3n) is 2.95. The van der Waals surface area contributed by atoms with Crippen LogP contribution >= 0.6 is 12.6 Å². The molecule has 1 amide bonds. The molecular formula is C14H21NO2S. The minimum Gasteiger partial charge on any atom is -0.496 e. The highest BCUT2D eigenvalue weighted by Crippen LogP contribution is 2.25. The van der Waals surface area contributed by atoms with Gasteiger partial charge in [0, 0.05) is 19.2 Å². The van der Waals surface area contributed by atoms with Crippen LogP contribution in [-0.4, -0.2) is 30.7 Å². The van der Waals surface area contributed by atoms with E-state index < -0.39 is 0 Å². The van der Waals surface area contributed by atoms with Crippen molar-refractivity contribution < 1.29 is 9.53 Å². The van der Waals surface area contributed by atoms with E-state index in [1.54, 1.807) is 19.1 Å². The molecule has 0 aliphatic rings. The zero-order chi connectivity index (χ0) is 13.7. The Labute approximate surface area is 115 Å². The van der Waals surface area contributed by atoms with E-state index in [1.165, 1.54) is 5.56 Å². The number of hydrogen-bond acceptors (Lipinski definition) is 3. The van der Waals surface area contributed by atoms with E-state index in [2.05, 4.69) is 32.5 Å². The Balaban J connectivity index is 2.92. The Kier molecular flexibility index (Phi) is 5.54. The highest BCUT2D eigenvalue weighted by Gasteiger charge is 2.12. The van der Waals surface area contributed by atoms with Crippen LogP contribution in [0.3, 0.4) is 0 Å². The van der Waals surface area contributed by atoms with Crippen LogP contribution in [0.1, 0.15) is 30.9 Å². The maximum absolute atomic E-state index is 11.5. The molecule has 0 fully saturated rings. The molecule has 0 bridgehead atoms. The summed E-state index contributed by atoms with van der Waals surface area (Å²) in [5.41, 5.74) is 2.25. The first-order valence-corrected chi connectivity index (χ1v) is 6.64. The van der Waals surface area contributed by atoms with Crippen molar-refractivity contribution in [3.05, 3.63) is 29.3 Å². The Morgan fingerprint density at radius 3 is 2.61 bits per heavy atom. The number of amides is 1. The zero-order valence-electron chi connectivity index (χ0n) is 11.4. The van der Waals surface area contributed by atoms with Gasteiger partial charge in [0.2, 0.25) is 5.91 Å². The molecule has 3 nitrogen and oxygen atoms in total. The fourth-order valence-electron chi connectivity index (χ4n) is 1.72. The van der Waals surface area contributed by atoms with Crippen LogP contribution in [0.2, 0.25) is 0 Å². The maximum atomic E-state index is 11.5. The molecule has 1 aromatic carbocycles. The monoisotopic (exact) mass is 267 g/mol. The molecule has 18 heavy (non-hydrogen) atoms. The van der Waals surface area contributed by atoms with E-state index in [4.69, 9.17) is 4.74 Å². The third kappa shape index (κ3) is 3.67. The first kappa shape index (κ1) is 14.9. The summed E-state index contributed by atoms with van der Waals surface area (Å²) in [7, 11) is 3.43. The summed E-state index contributed by atoms with van der Waals surface area (Å²) in [6.45, 7) is 4.83. The molecule has 4 heteroatoms. The first-order chi connectivity index (χ1) is 8.49. The molecule has 0 radical (unpaired) electrons. The molecule has 0 spiro atoms. The predicted octanol–water partition coefficient (Wildman–Crippen LogP) is 2.71. The number of carbonyl (C=O) groups excluding carboxylic acids is 1. The lowest BCUT2D eigenvalue weighted by atomic mass is 10.0. The van der Waals surface area contributed by atoms with Crippen molar-refractivity contribution in [3.63, 3.8) is 0 Å². The van der Waals surface area contributed by atoms with Gasteiger partial charge in [-0.05, 0) is 17.5 Å². The molecule has 0 aliphatic heterocycles. The van der Waals surface area contributed by atoms with Crippen molar-refractivity contribution in [3.8, 4) is 5.75 Å². The normalized spacial score (nSPS) is 10.6. The smallest absolute Gasteiger partial charge is 0.232 e. The lowest BCUT2D eigenvalue weighted by Crippen LogP contribution is -2.27. The van der Waals surface area contributed by atoms with E-state index >= 15 is 0 Å². The zero-order valence-corrected chi connectivity index (χ0v) is 12.3. The van der Waals surface area contributed by atoms with Gasteiger partial charge in [-0.15, -0.1) is 0 Å². The van der Waals surface area contributed by atoms with Crippen molar-refractivity contribution in [1.29, 1.82) is 0 Å². The maximum Gasteiger partial charge on any atom is 0.232 e. The largest absolute Gasteiger partial charge is 0.496 e. The van der Waals surface area contributed by atoms with Crippen LogP contribution in [0.25, 0.3) is 0 Å². The Hall–Kier alpha value is -1.16. The molecule has 100 valence electrons. The Morgan fingerprint density at radius 2 is 2.11 bits per heavy atom. The highest BCUT2D eigenvalue weighted by atomic mass is 32.1. The van der Waals surface area contributed by atoms with Crippen LogP contribution in [0, 0.1) is 0 Å². The Morgan fingerprint density at radius 1 is 1.44 bits per heavy atom. The second-order valence-electron chi connectivity index (χ2n) is 4.63. The van der Waals surface area contributed by atoms with Crippen molar-refractivity contribution in [1.82, 2.24) is 4.90 Å². The van der Waals surface area contributed by atoms with Crippen molar-refractivity contribution in [2.75, 3.05) is 19.9 Å². The number of benzene rings is 1. The van der Waals surface area contributed by atoms with Gasteiger partial charge in [-0.3, -0.25) is 4.79 Å². The molecule has 0 unspecified atom stereocenters. The number of carbonyl (C=O) groups is 1. The molecule has 0 atom stereocenters. The van der Waals surface area contributed by atoms with Gasteiger partial charge in [-0.1, -0.05) is 26.0 Å². The molecule has 0 aliphatic carbocycles. The lowest BCUT2D eigenvalue weighted by molar-refractivity contribution is -0.127. The number of methoxy groups -OCH3 is 1. The molecule has 1 aromatic rings. The minimum atomic E-state index is 0.00771. The van der Waals surface area contributed by atoms with Gasteiger partial charge in [0.25, 0.3) is 0 Å². The molecule has 0 saturated heterocycles. The number of rotatable bonds is 5. The van der Waals surface area contributed by atoms with E-state index in [0.29, 0.717) is 12.5 Å². The number of nitrogens with zero attached hydrogens (tertiary/aromatic N) is 1. The average Bonchev–Trinajstić information content (AvgIpc) is 2.37. The van der Waals surface area contributed by atoms with Gasteiger partial charge in [0.05, 0.1) is 12.9 Å². The van der Waals surface area contributed by atoms with E-state index in [0.717, 1.165) is 11.3 Å². The molecule has 0 N–H and O–H groups in total. The Bertz CT molecular complexity index is 418. The van der Waals surface area contributed by atoms with E-state index in [-0.39, 0.29) is 11.7 Å². The van der Waals surface area contributed by atoms with E-state index in [1.807, 2.05) is 12.1 Å². The number of ether oxygens (including phenoxy) is 1. The van der Waals surface area contributed by atoms with Gasteiger partial charge >= 0.3 is 0 Å². The van der Waals surface area contributed by atoms with Gasteiger partial charge in [-0.25, -0.2) is 0 Å². The lowest BCUT2D eigenvalue weighted by Gasteiger charge is -2.19. The van der Waals surface area contributed by atoms with Crippen molar-refractivity contribution >= 4 is 18.5 Å². The van der Waals surface area contributed by atoms with Gasteiger partial charge in [-0.2, -0.15) is 12.6 Å². The molecule has 0 heterocycles. The summed E-state index contributed by atoms with van der Waals surface area (Å²) >= 11 is 3.99. The molecule has 0 aromatic heterocycles. The average molecular weight is 267 g/mol. The second kappa shape index (κ2) is 6.69. The summed E-state index contributed by atoms with van der Waals surface area (Å²) in [6.07, 6.45) is 0. The van der Waals surface area contributed by atoms with Crippen LogP contribution in [0.4, 0.5) is 0 Å². The quantitative estimate of drug-likeness (QED) is 0.831.